The van der Waals surface area contributed by atoms with Crippen LogP contribution in [0.15, 0.2) is 41.2 Å². The second-order valence-corrected chi connectivity index (χ2v) is 5.00. The van der Waals surface area contributed by atoms with Crippen molar-refractivity contribution in [1.29, 1.82) is 0 Å². The highest BCUT2D eigenvalue weighted by atomic mass is 16.5. The van der Waals surface area contributed by atoms with E-state index in [-0.39, 0.29) is 17.7 Å². The minimum atomic E-state index is -0.858. The predicted molar refractivity (Wildman–Crippen MR) is 86.2 cm³/mol. The van der Waals surface area contributed by atoms with Crippen LogP contribution in [0.1, 0.15) is 23.3 Å². The number of benzene rings is 1. The van der Waals surface area contributed by atoms with Crippen molar-refractivity contribution in [2.75, 3.05) is 11.9 Å². The Kier molecular flexibility index (Phi) is 5.67. The lowest BCUT2D eigenvalue weighted by Crippen LogP contribution is -2.23. The van der Waals surface area contributed by atoms with Gasteiger partial charge in [-0.3, -0.25) is 14.4 Å². The maximum atomic E-state index is 12.1. The minimum Gasteiger partial charge on any atom is -0.494 e. The van der Waals surface area contributed by atoms with Crippen LogP contribution in [0.5, 0.6) is 5.75 Å². The van der Waals surface area contributed by atoms with Gasteiger partial charge < -0.3 is 15.2 Å². The summed E-state index contributed by atoms with van der Waals surface area (Å²) >= 11 is 0. The Hall–Kier alpha value is -3.16. The highest BCUT2D eigenvalue weighted by Gasteiger charge is 2.09. The number of ether oxygens (including phenoxy) is 1. The highest BCUT2D eigenvalue weighted by molar-refractivity contribution is 6.02. The second kappa shape index (κ2) is 7.91. The Morgan fingerprint density at radius 3 is 2.54 bits per heavy atom. The first-order valence-corrected chi connectivity index (χ1v) is 7.26. The summed E-state index contributed by atoms with van der Waals surface area (Å²) in [7, 11) is 1.47. The number of carbonyl (C=O) groups is 2. The monoisotopic (exact) mass is 331 g/mol. The van der Waals surface area contributed by atoms with Gasteiger partial charge in [-0.15, -0.1) is 0 Å². The molecule has 1 aromatic carbocycles. The Bertz CT molecular complexity index is 783. The molecule has 0 fully saturated rings. The number of rotatable bonds is 7. The molecule has 24 heavy (non-hydrogen) atoms. The lowest BCUT2D eigenvalue weighted by molar-refractivity contribution is -0.137. The van der Waals surface area contributed by atoms with Crippen LogP contribution in [-0.4, -0.2) is 33.4 Å². The number of hydrogen-bond acceptors (Lipinski definition) is 5. The summed E-state index contributed by atoms with van der Waals surface area (Å²) < 4.78 is 6.49. The number of nitrogens with zero attached hydrogens (tertiary/aromatic N) is 2. The van der Waals surface area contributed by atoms with Crippen molar-refractivity contribution >= 4 is 17.6 Å². The number of anilines is 1. The lowest BCUT2D eigenvalue weighted by Gasteiger charge is -2.08. The molecule has 0 spiro atoms. The van der Waals surface area contributed by atoms with E-state index in [9.17, 15) is 14.4 Å². The van der Waals surface area contributed by atoms with E-state index in [4.69, 9.17) is 9.84 Å². The first-order chi connectivity index (χ1) is 11.5. The third kappa shape index (κ3) is 4.94. The van der Waals surface area contributed by atoms with Crippen molar-refractivity contribution in [3.63, 3.8) is 0 Å². The van der Waals surface area contributed by atoms with Gasteiger partial charge >= 0.3 is 5.97 Å². The number of aromatic nitrogens is 2. The first kappa shape index (κ1) is 17.2. The smallest absolute Gasteiger partial charge is 0.303 e. The van der Waals surface area contributed by atoms with E-state index in [1.165, 1.54) is 19.2 Å². The fraction of sp³-hybridized carbons (Fsp3) is 0.250. The molecule has 0 aliphatic rings. The van der Waals surface area contributed by atoms with Crippen LogP contribution in [0.25, 0.3) is 0 Å². The zero-order valence-electron chi connectivity index (χ0n) is 13.1. The number of carboxylic acids is 1. The second-order valence-electron chi connectivity index (χ2n) is 5.00. The molecular weight excluding hydrogens is 314 g/mol. The first-order valence-electron chi connectivity index (χ1n) is 7.26. The molecule has 0 radical (unpaired) electrons. The van der Waals surface area contributed by atoms with E-state index in [0.717, 1.165) is 4.68 Å². The zero-order valence-corrected chi connectivity index (χ0v) is 13.1. The van der Waals surface area contributed by atoms with E-state index in [0.29, 0.717) is 24.5 Å². The summed E-state index contributed by atoms with van der Waals surface area (Å²) in [6, 6.07) is 9.29. The molecule has 1 heterocycles. The van der Waals surface area contributed by atoms with Crippen LogP contribution in [0, 0.1) is 0 Å². The summed E-state index contributed by atoms with van der Waals surface area (Å²) in [6.07, 6.45) is 0.479. The van der Waals surface area contributed by atoms with Crippen LogP contribution in [0.2, 0.25) is 0 Å². The van der Waals surface area contributed by atoms with Gasteiger partial charge in [0, 0.05) is 25.2 Å². The van der Waals surface area contributed by atoms with Gasteiger partial charge in [-0.25, -0.2) is 4.68 Å². The molecule has 1 amide bonds. The molecule has 1 aromatic heterocycles. The van der Waals surface area contributed by atoms with Crippen molar-refractivity contribution in [2.24, 2.45) is 7.05 Å². The normalized spacial score (nSPS) is 10.2. The van der Waals surface area contributed by atoms with Crippen molar-refractivity contribution in [1.82, 2.24) is 9.78 Å². The quantitative estimate of drug-likeness (QED) is 0.739. The molecule has 8 nitrogen and oxygen atoms in total. The maximum Gasteiger partial charge on any atom is 0.303 e. The van der Waals surface area contributed by atoms with Crippen molar-refractivity contribution in [3.8, 4) is 5.75 Å². The molecule has 0 unspecified atom stereocenters. The van der Waals surface area contributed by atoms with Crippen LogP contribution >= 0.6 is 0 Å². The molecule has 8 heteroatoms. The van der Waals surface area contributed by atoms with Gasteiger partial charge in [0.05, 0.1) is 6.61 Å². The van der Waals surface area contributed by atoms with Crippen LogP contribution in [-0.2, 0) is 11.8 Å². The van der Waals surface area contributed by atoms with E-state index >= 15 is 0 Å². The van der Waals surface area contributed by atoms with Gasteiger partial charge in [-0.05, 0) is 36.8 Å². The molecule has 0 aliphatic carbocycles. The number of amides is 1. The number of aliphatic carboxylic acids is 1. The van der Waals surface area contributed by atoms with Crippen molar-refractivity contribution < 1.29 is 19.4 Å². The Morgan fingerprint density at radius 2 is 1.92 bits per heavy atom. The number of hydrogen-bond donors (Lipinski definition) is 2. The molecule has 2 N–H and O–H groups in total. The Labute approximate surface area is 137 Å². The van der Waals surface area contributed by atoms with Gasteiger partial charge in [0.15, 0.2) is 0 Å². The third-order valence-electron chi connectivity index (χ3n) is 3.11. The van der Waals surface area contributed by atoms with Crippen molar-refractivity contribution in [2.45, 2.75) is 12.8 Å². The summed E-state index contributed by atoms with van der Waals surface area (Å²) in [6.45, 7) is 0.306. The lowest BCUT2D eigenvalue weighted by atomic mass is 10.3. The molecule has 0 atom stereocenters. The van der Waals surface area contributed by atoms with Gasteiger partial charge in [-0.2, -0.15) is 5.10 Å². The van der Waals surface area contributed by atoms with Gasteiger partial charge in [-0.1, -0.05) is 0 Å². The van der Waals surface area contributed by atoms with Gasteiger partial charge in [0.2, 0.25) is 0 Å². The average molecular weight is 331 g/mol. The fourth-order valence-corrected chi connectivity index (χ4v) is 1.87. The zero-order chi connectivity index (χ0) is 17.5. The van der Waals surface area contributed by atoms with Gasteiger partial charge in [0.1, 0.15) is 11.4 Å². The molecular formula is C16H17N3O5. The minimum absolute atomic E-state index is 0.0563. The summed E-state index contributed by atoms with van der Waals surface area (Å²) in [5.74, 6) is -0.706. The van der Waals surface area contributed by atoms with Crippen LogP contribution < -0.4 is 15.6 Å². The van der Waals surface area contributed by atoms with Crippen molar-refractivity contribution in [3.05, 3.63) is 52.4 Å². The molecule has 0 aliphatic heterocycles. The van der Waals surface area contributed by atoms with E-state index in [1.807, 2.05) is 0 Å². The van der Waals surface area contributed by atoms with Crippen LogP contribution in [0.4, 0.5) is 5.69 Å². The van der Waals surface area contributed by atoms with E-state index < -0.39 is 11.9 Å². The summed E-state index contributed by atoms with van der Waals surface area (Å²) in [5.41, 5.74) is 0.385. The van der Waals surface area contributed by atoms with Gasteiger partial charge in [0.25, 0.3) is 11.5 Å². The molecule has 126 valence electrons. The Balaban J connectivity index is 1.91. The standard InChI is InChI=1S/C16H17N3O5/c1-19-14(20)9-8-13(18-19)16(23)17-11-4-6-12(7-5-11)24-10-2-3-15(21)22/h4-9H,2-3,10H2,1H3,(H,17,23)(H,21,22). The Morgan fingerprint density at radius 1 is 1.21 bits per heavy atom. The molecule has 0 saturated heterocycles. The number of carbonyl (C=O) groups excluding carboxylic acids is 1. The van der Waals surface area contributed by atoms with Crippen LogP contribution in [0.3, 0.4) is 0 Å². The fourth-order valence-electron chi connectivity index (χ4n) is 1.87. The highest BCUT2D eigenvalue weighted by Crippen LogP contribution is 2.16. The SMILES string of the molecule is Cn1nc(C(=O)Nc2ccc(OCCCC(=O)O)cc2)ccc1=O. The molecule has 0 bridgehead atoms. The topological polar surface area (TPSA) is 111 Å². The molecule has 0 saturated carbocycles. The number of carboxylic acid groups (broad SMARTS) is 1. The summed E-state index contributed by atoms with van der Waals surface area (Å²) in [5, 5.41) is 15.1. The van der Waals surface area contributed by atoms with E-state index in [1.54, 1.807) is 24.3 Å². The van der Waals surface area contributed by atoms with E-state index in [2.05, 4.69) is 10.4 Å². The number of aryl methyl sites for hydroxylation is 1. The average Bonchev–Trinajstić information content (AvgIpc) is 2.55. The third-order valence-corrected chi connectivity index (χ3v) is 3.11. The summed E-state index contributed by atoms with van der Waals surface area (Å²) in [4.78, 5) is 33.7. The molecule has 2 rings (SSSR count). The number of nitrogens with one attached hydrogen (secondary N) is 1. The molecule has 2 aromatic rings. The predicted octanol–water partition coefficient (Wildman–Crippen LogP) is 1.28. The largest absolute Gasteiger partial charge is 0.494 e. The maximum absolute atomic E-state index is 12.1.